The molecule has 3 aromatic rings. The molecule has 0 bridgehead atoms. The number of carbonyl (C=O) groups is 1. The highest BCUT2D eigenvalue weighted by molar-refractivity contribution is 5.99. The number of aromatic nitrogens is 2. The van der Waals surface area contributed by atoms with Crippen molar-refractivity contribution in [1.82, 2.24) is 15.5 Å². The third-order valence-electron chi connectivity index (χ3n) is 4.08. The molecular formula is C20H21N3O5. The predicted molar refractivity (Wildman–Crippen MR) is 102 cm³/mol. The molecule has 0 aliphatic carbocycles. The Hall–Kier alpha value is -3.55. The van der Waals surface area contributed by atoms with Crippen molar-refractivity contribution < 1.29 is 23.4 Å². The number of carbonyl (C=O) groups excluding carboxylic acids is 1. The first kappa shape index (κ1) is 19.2. The maximum absolute atomic E-state index is 12.5. The molecule has 0 radical (unpaired) electrons. The Kier molecular flexibility index (Phi) is 6.11. The molecule has 0 aliphatic heterocycles. The van der Waals surface area contributed by atoms with Crippen LogP contribution in [0.3, 0.4) is 0 Å². The Balaban J connectivity index is 1.61. The van der Waals surface area contributed by atoms with Gasteiger partial charge in [-0.1, -0.05) is 6.07 Å². The highest BCUT2D eigenvalue weighted by atomic mass is 16.5. The van der Waals surface area contributed by atoms with Crippen molar-refractivity contribution in [3.05, 3.63) is 53.9 Å². The molecule has 1 N–H and O–H groups in total. The van der Waals surface area contributed by atoms with E-state index >= 15 is 0 Å². The second-order valence-corrected chi connectivity index (χ2v) is 5.77. The van der Waals surface area contributed by atoms with Gasteiger partial charge in [-0.15, -0.1) is 10.2 Å². The van der Waals surface area contributed by atoms with Gasteiger partial charge >= 0.3 is 0 Å². The van der Waals surface area contributed by atoms with E-state index < -0.39 is 0 Å². The number of methoxy groups -OCH3 is 3. The number of hydrogen-bond acceptors (Lipinski definition) is 7. The van der Waals surface area contributed by atoms with Gasteiger partial charge in [-0.2, -0.15) is 0 Å². The van der Waals surface area contributed by atoms with Crippen LogP contribution in [0.25, 0.3) is 11.5 Å². The maximum Gasteiger partial charge on any atom is 0.258 e. The Labute approximate surface area is 162 Å². The molecule has 1 amide bonds. The zero-order chi connectivity index (χ0) is 19.9. The zero-order valence-corrected chi connectivity index (χ0v) is 15.9. The second kappa shape index (κ2) is 8.90. The van der Waals surface area contributed by atoms with Gasteiger partial charge in [0.15, 0.2) is 0 Å². The Morgan fingerprint density at radius 3 is 2.25 bits per heavy atom. The van der Waals surface area contributed by atoms with Crippen LogP contribution in [0.2, 0.25) is 0 Å². The van der Waals surface area contributed by atoms with E-state index in [1.165, 1.54) is 14.2 Å². The van der Waals surface area contributed by atoms with E-state index in [4.69, 9.17) is 18.6 Å². The van der Waals surface area contributed by atoms with Crippen molar-refractivity contribution in [2.45, 2.75) is 6.42 Å². The summed E-state index contributed by atoms with van der Waals surface area (Å²) in [6.07, 6.45) is 0.395. The summed E-state index contributed by atoms with van der Waals surface area (Å²) >= 11 is 0. The van der Waals surface area contributed by atoms with Crippen molar-refractivity contribution in [2.24, 2.45) is 0 Å². The molecule has 0 saturated carbocycles. The summed E-state index contributed by atoms with van der Waals surface area (Å²) in [6.45, 7) is 0.324. The summed E-state index contributed by atoms with van der Waals surface area (Å²) in [7, 11) is 4.62. The average molecular weight is 383 g/mol. The SMILES string of the molecule is COc1ccc(-c2nnc(CCNC(=O)c3c(OC)cccc3OC)o2)cc1. The standard InChI is InChI=1S/C20H21N3O5/c1-25-14-9-7-13(8-10-14)20-23-22-17(28-20)11-12-21-19(24)18-15(26-2)5-4-6-16(18)27-3/h4-10H,11-12H2,1-3H3,(H,21,24). The number of nitrogens with one attached hydrogen (secondary N) is 1. The van der Waals surface area contributed by atoms with Gasteiger partial charge in [0.25, 0.3) is 5.91 Å². The molecule has 1 heterocycles. The molecule has 1 aromatic heterocycles. The van der Waals surface area contributed by atoms with Crippen molar-refractivity contribution in [2.75, 3.05) is 27.9 Å². The minimum Gasteiger partial charge on any atom is -0.497 e. The monoisotopic (exact) mass is 383 g/mol. The summed E-state index contributed by atoms with van der Waals surface area (Å²) in [5.74, 6) is 2.17. The topological polar surface area (TPSA) is 95.7 Å². The first-order chi connectivity index (χ1) is 13.7. The smallest absolute Gasteiger partial charge is 0.258 e. The van der Waals surface area contributed by atoms with E-state index in [0.717, 1.165) is 11.3 Å². The van der Waals surface area contributed by atoms with Crippen LogP contribution in [0, 0.1) is 0 Å². The lowest BCUT2D eigenvalue weighted by atomic mass is 10.1. The van der Waals surface area contributed by atoms with Crippen molar-refractivity contribution in [1.29, 1.82) is 0 Å². The van der Waals surface area contributed by atoms with Crippen LogP contribution in [-0.4, -0.2) is 44.0 Å². The zero-order valence-electron chi connectivity index (χ0n) is 15.9. The van der Waals surface area contributed by atoms with Gasteiger partial charge < -0.3 is 23.9 Å². The van der Waals surface area contributed by atoms with Crippen molar-refractivity contribution >= 4 is 5.91 Å². The van der Waals surface area contributed by atoms with Gasteiger partial charge in [0.1, 0.15) is 22.8 Å². The van der Waals surface area contributed by atoms with E-state index in [-0.39, 0.29) is 5.91 Å². The number of rotatable bonds is 8. The van der Waals surface area contributed by atoms with Crippen LogP contribution in [0.1, 0.15) is 16.2 Å². The lowest BCUT2D eigenvalue weighted by Gasteiger charge is -2.12. The largest absolute Gasteiger partial charge is 0.497 e. The minimum absolute atomic E-state index is 0.302. The molecule has 2 aromatic carbocycles. The summed E-state index contributed by atoms with van der Waals surface area (Å²) < 4.78 is 21.3. The van der Waals surface area contributed by atoms with Gasteiger partial charge in [-0.05, 0) is 36.4 Å². The van der Waals surface area contributed by atoms with Crippen molar-refractivity contribution in [3.8, 4) is 28.7 Å². The maximum atomic E-state index is 12.5. The third-order valence-corrected chi connectivity index (χ3v) is 4.08. The fourth-order valence-electron chi connectivity index (χ4n) is 2.65. The van der Waals surface area contributed by atoms with Gasteiger partial charge in [0.05, 0.1) is 21.3 Å². The van der Waals surface area contributed by atoms with Crippen LogP contribution < -0.4 is 19.5 Å². The Bertz CT molecular complexity index is 915. The minimum atomic E-state index is -0.302. The van der Waals surface area contributed by atoms with Gasteiger partial charge in [0.2, 0.25) is 11.8 Å². The first-order valence-corrected chi connectivity index (χ1v) is 8.62. The summed E-state index contributed by atoms with van der Waals surface area (Å²) in [5.41, 5.74) is 1.14. The third kappa shape index (κ3) is 4.22. The van der Waals surface area contributed by atoms with Crippen molar-refractivity contribution in [3.63, 3.8) is 0 Å². The molecule has 0 aliphatic rings. The molecule has 28 heavy (non-hydrogen) atoms. The molecular weight excluding hydrogens is 362 g/mol. The van der Waals surface area contributed by atoms with E-state index in [9.17, 15) is 4.79 Å². The molecule has 0 unspecified atom stereocenters. The lowest BCUT2D eigenvalue weighted by molar-refractivity contribution is 0.0947. The molecule has 8 heteroatoms. The van der Waals surface area contributed by atoms with Crippen LogP contribution in [-0.2, 0) is 6.42 Å². The molecule has 8 nitrogen and oxygen atoms in total. The summed E-state index contributed by atoms with van der Waals surface area (Å²) in [6, 6.07) is 12.5. The first-order valence-electron chi connectivity index (χ1n) is 8.62. The fourth-order valence-corrected chi connectivity index (χ4v) is 2.65. The number of hydrogen-bond donors (Lipinski definition) is 1. The number of amides is 1. The normalized spacial score (nSPS) is 10.4. The highest BCUT2D eigenvalue weighted by Gasteiger charge is 2.18. The molecule has 0 atom stereocenters. The average Bonchev–Trinajstić information content (AvgIpc) is 3.21. The quantitative estimate of drug-likeness (QED) is 0.639. The Morgan fingerprint density at radius 1 is 0.964 bits per heavy atom. The van der Waals surface area contributed by atoms with Crippen LogP contribution in [0.15, 0.2) is 46.9 Å². The highest BCUT2D eigenvalue weighted by Crippen LogP contribution is 2.28. The molecule has 3 rings (SSSR count). The lowest BCUT2D eigenvalue weighted by Crippen LogP contribution is -2.26. The van der Waals surface area contributed by atoms with Crippen LogP contribution in [0.5, 0.6) is 17.2 Å². The molecule has 0 saturated heterocycles. The van der Waals surface area contributed by atoms with Crippen LogP contribution >= 0.6 is 0 Å². The van der Waals surface area contributed by atoms with Gasteiger partial charge in [-0.3, -0.25) is 4.79 Å². The van der Waals surface area contributed by atoms with Gasteiger partial charge in [-0.25, -0.2) is 0 Å². The van der Waals surface area contributed by atoms with E-state index in [1.54, 1.807) is 25.3 Å². The number of nitrogens with zero attached hydrogens (tertiary/aromatic N) is 2. The van der Waals surface area contributed by atoms with Crippen LogP contribution in [0.4, 0.5) is 0 Å². The Morgan fingerprint density at radius 2 is 1.64 bits per heavy atom. The molecule has 0 spiro atoms. The second-order valence-electron chi connectivity index (χ2n) is 5.77. The van der Waals surface area contributed by atoms with E-state index in [1.807, 2.05) is 24.3 Å². The van der Waals surface area contributed by atoms with Gasteiger partial charge in [0, 0.05) is 18.5 Å². The van der Waals surface area contributed by atoms with E-state index in [2.05, 4.69) is 15.5 Å². The molecule has 146 valence electrons. The predicted octanol–water partition coefficient (Wildman–Crippen LogP) is 2.73. The number of benzene rings is 2. The van der Waals surface area contributed by atoms with E-state index in [0.29, 0.717) is 41.8 Å². The molecule has 0 fully saturated rings. The summed E-state index contributed by atoms with van der Waals surface area (Å²) in [5, 5.41) is 10.9. The fraction of sp³-hybridized carbons (Fsp3) is 0.250. The number of ether oxygens (including phenoxy) is 3. The summed E-state index contributed by atoms with van der Waals surface area (Å²) in [4.78, 5) is 12.5.